The number of Topliss-reactive ketones (excluding diaryl/α,β-unsaturated/α-hetero) is 2. The van der Waals surface area contributed by atoms with Crippen LogP contribution in [0.15, 0.2) is 28.9 Å². The summed E-state index contributed by atoms with van der Waals surface area (Å²) in [6, 6.07) is 2.42. The number of benzene rings is 1. The monoisotopic (exact) mass is 368 g/mol. The molecule has 0 radical (unpaired) electrons. The van der Waals surface area contributed by atoms with Gasteiger partial charge in [-0.25, -0.2) is 13.2 Å². The van der Waals surface area contributed by atoms with Gasteiger partial charge in [0.05, 0.1) is 36.0 Å². The molecule has 0 aliphatic carbocycles. The maximum absolute atomic E-state index is 12.7. The first-order chi connectivity index (χ1) is 11.6. The molecular formula is C17H20O7S. The maximum Gasteiger partial charge on any atom is 0.339 e. The number of allylic oxidation sites excluding steroid dienone is 1. The van der Waals surface area contributed by atoms with E-state index in [1.54, 1.807) is 6.92 Å². The van der Waals surface area contributed by atoms with Crippen LogP contribution in [0.2, 0.25) is 0 Å². The highest BCUT2D eigenvalue weighted by molar-refractivity contribution is 7.90. The van der Waals surface area contributed by atoms with E-state index in [9.17, 15) is 22.8 Å². The molecule has 0 unspecified atom stereocenters. The fourth-order valence-electron chi connectivity index (χ4n) is 2.21. The Morgan fingerprint density at radius 3 is 2.24 bits per heavy atom. The lowest BCUT2D eigenvalue weighted by Gasteiger charge is -2.14. The third-order valence-electron chi connectivity index (χ3n) is 3.45. The Bertz CT molecular complexity index is 848. The summed E-state index contributed by atoms with van der Waals surface area (Å²) >= 11 is 0. The van der Waals surface area contributed by atoms with Gasteiger partial charge in [0, 0.05) is 11.8 Å². The highest BCUT2D eigenvalue weighted by Crippen LogP contribution is 2.25. The van der Waals surface area contributed by atoms with E-state index in [1.165, 1.54) is 19.9 Å². The smallest absolute Gasteiger partial charge is 0.339 e. The predicted octanol–water partition coefficient (Wildman–Crippen LogP) is 1.88. The van der Waals surface area contributed by atoms with E-state index in [-0.39, 0.29) is 33.8 Å². The summed E-state index contributed by atoms with van der Waals surface area (Å²) < 4.78 is 33.5. The molecule has 8 heteroatoms. The van der Waals surface area contributed by atoms with Crippen molar-refractivity contribution in [1.29, 1.82) is 0 Å². The van der Waals surface area contributed by atoms with Crippen LogP contribution >= 0.6 is 0 Å². The molecule has 0 bridgehead atoms. The van der Waals surface area contributed by atoms with E-state index in [0.29, 0.717) is 0 Å². The van der Waals surface area contributed by atoms with Crippen molar-refractivity contribution in [3.63, 3.8) is 0 Å². The third kappa shape index (κ3) is 4.54. The minimum atomic E-state index is -3.72. The van der Waals surface area contributed by atoms with E-state index in [0.717, 1.165) is 25.7 Å². The molecule has 1 aromatic rings. The quantitative estimate of drug-likeness (QED) is 0.181. The van der Waals surface area contributed by atoms with Crippen LogP contribution in [0.5, 0.6) is 0 Å². The lowest BCUT2D eigenvalue weighted by atomic mass is 9.94. The molecular weight excluding hydrogens is 348 g/mol. The number of ether oxygens (including phenoxy) is 2. The molecule has 136 valence electrons. The highest BCUT2D eigenvalue weighted by atomic mass is 32.2. The minimum Gasteiger partial charge on any atom is -0.501 e. The number of hydrogen-bond donors (Lipinski definition) is 0. The molecule has 7 nitrogen and oxygen atoms in total. The Labute approximate surface area is 146 Å². The third-order valence-corrected chi connectivity index (χ3v) is 4.59. The van der Waals surface area contributed by atoms with E-state index in [2.05, 4.69) is 4.74 Å². The Morgan fingerprint density at radius 1 is 1.20 bits per heavy atom. The van der Waals surface area contributed by atoms with Gasteiger partial charge in [0.2, 0.25) is 0 Å². The van der Waals surface area contributed by atoms with Crippen molar-refractivity contribution in [2.75, 3.05) is 20.0 Å². The summed E-state index contributed by atoms with van der Waals surface area (Å²) in [4.78, 5) is 36.2. The van der Waals surface area contributed by atoms with Crippen molar-refractivity contribution >= 4 is 27.4 Å². The number of ketones is 2. The molecule has 1 aromatic carbocycles. The van der Waals surface area contributed by atoms with E-state index < -0.39 is 27.4 Å². The van der Waals surface area contributed by atoms with Gasteiger partial charge in [0.15, 0.2) is 21.4 Å². The summed E-state index contributed by atoms with van der Waals surface area (Å²) in [6.45, 7) is 4.60. The average Bonchev–Trinajstić information content (AvgIpc) is 2.52. The summed E-state index contributed by atoms with van der Waals surface area (Å²) in [5.41, 5.74) is -0.291. The fraction of sp³-hybridized carbons (Fsp3) is 0.353. The van der Waals surface area contributed by atoms with E-state index in [4.69, 9.17) is 4.74 Å². The van der Waals surface area contributed by atoms with Crippen LogP contribution in [0, 0.1) is 6.92 Å². The molecule has 0 saturated heterocycles. The van der Waals surface area contributed by atoms with Crippen molar-refractivity contribution in [3.05, 3.63) is 40.7 Å². The second-order valence-corrected chi connectivity index (χ2v) is 7.23. The Balaban J connectivity index is 3.66. The van der Waals surface area contributed by atoms with Gasteiger partial charge in [-0.05, 0) is 38.5 Å². The molecule has 0 aliphatic heterocycles. The summed E-state index contributed by atoms with van der Waals surface area (Å²) in [7, 11) is -2.61. The number of hydrogen-bond acceptors (Lipinski definition) is 7. The van der Waals surface area contributed by atoms with E-state index in [1.807, 2.05) is 0 Å². The Kier molecular flexibility index (Phi) is 6.63. The molecule has 0 fully saturated rings. The lowest BCUT2D eigenvalue weighted by Crippen LogP contribution is -2.18. The second-order valence-electron chi connectivity index (χ2n) is 5.25. The van der Waals surface area contributed by atoms with Gasteiger partial charge in [-0.1, -0.05) is 0 Å². The highest BCUT2D eigenvalue weighted by Gasteiger charge is 2.27. The number of sulfone groups is 1. The van der Waals surface area contributed by atoms with Crippen molar-refractivity contribution in [1.82, 2.24) is 0 Å². The molecule has 25 heavy (non-hydrogen) atoms. The SMILES string of the molecule is CCOC=C(C(C)=O)C(=O)c1ccc(S(C)(=O)=O)c(C(=O)OC)c1C. The number of carbonyl (C=O) groups excluding carboxylic acids is 3. The minimum absolute atomic E-state index is 0.0222. The summed E-state index contributed by atoms with van der Waals surface area (Å²) in [5, 5.41) is 0. The van der Waals surface area contributed by atoms with Crippen molar-refractivity contribution in [2.45, 2.75) is 25.7 Å². The van der Waals surface area contributed by atoms with Crippen LogP contribution in [0.4, 0.5) is 0 Å². The molecule has 0 aliphatic rings. The lowest BCUT2D eigenvalue weighted by molar-refractivity contribution is -0.113. The first-order valence-corrected chi connectivity index (χ1v) is 9.24. The van der Waals surface area contributed by atoms with Crippen LogP contribution in [0.1, 0.15) is 40.1 Å². The number of rotatable bonds is 7. The molecule has 0 spiro atoms. The normalized spacial score (nSPS) is 11.8. The zero-order valence-electron chi connectivity index (χ0n) is 14.7. The van der Waals surface area contributed by atoms with Gasteiger partial charge in [-0.3, -0.25) is 9.59 Å². The topological polar surface area (TPSA) is 104 Å². The standard InChI is InChI=1S/C17H20O7S/c1-6-24-9-13(11(3)18)16(19)12-7-8-14(25(5,21)22)15(10(12)2)17(20)23-4/h7-9H,6H2,1-5H3. The van der Waals surface area contributed by atoms with Gasteiger partial charge in [-0.15, -0.1) is 0 Å². The predicted molar refractivity (Wildman–Crippen MR) is 90.3 cm³/mol. The zero-order chi connectivity index (χ0) is 19.4. The van der Waals surface area contributed by atoms with Crippen molar-refractivity contribution in [2.24, 2.45) is 0 Å². The molecule has 1 rings (SSSR count). The van der Waals surface area contributed by atoms with Gasteiger partial charge in [-0.2, -0.15) is 0 Å². The molecule has 0 aromatic heterocycles. The van der Waals surface area contributed by atoms with Crippen molar-refractivity contribution in [3.8, 4) is 0 Å². The van der Waals surface area contributed by atoms with Gasteiger partial charge < -0.3 is 9.47 Å². The van der Waals surface area contributed by atoms with Crippen LogP contribution in [-0.4, -0.2) is 45.9 Å². The first-order valence-electron chi connectivity index (χ1n) is 7.35. The summed E-state index contributed by atoms with van der Waals surface area (Å²) in [6.07, 6.45) is 2.01. The number of methoxy groups -OCH3 is 1. The largest absolute Gasteiger partial charge is 0.501 e. The molecule has 0 saturated carbocycles. The number of esters is 1. The first kappa shape index (κ1) is 20.6. The molecule has 0 N–H and O–H groups in total. The summed E-state index contributed by atoms with van der Waals surface area (Å²) in [5.74, 6) is -2.06. The molecule has 0 amide bonds. The van der Waals surface area contributed by atoms with Gasteiger partial charge >= 0.3 is 5.97 Å². The van der Waals surface area contributed by atoms with Gasteiger partial charge in [0.1, 0.15) is 0 Å². The van der Waals surface area contributed by atoms with Gasteiger partial charge in [0.25, 0.3) is 0 Å². The molecule has 0 heterocycles. The van der Waals surface area contributed by atoms with Crippen LogP contribution in [0.3, 0.4) is 0 Å². The molecule has 0 atom stereocenters. The Morgan fingerprint density at radius 2 is 1.80 bits per heavy atom. The average molecular weight is 368 g/mol. The van der Waals surface area contributed by atoms with Crippen LogP contribution in [0.25, 0.3) is 0 Å². The van der Waals surface area contributed by atoms with E-state index >= 15 is 0 Å². The Hall–Kier alpha value is -2.48. The number of carbonyl (C=O) groups is 3. The fourth-order valence-corrected chi connectivity index (χ4v) is 3.13. The zero-order valence-corrected chi connectivity index (χ0v) is 15.5. The maximum atomic E-state index is 12.7. The second kappa shape index (κ2) is 8.06. The van der Waals surface area contributed by atoms with Crippen LogP contribution in [-0.2, 0) is 24.1 Å². The van der Waals surface area contributed by atoms with Crippen molar-refractivity contribution < 1.29 is 32.3 Å². The van der Waals surface area contributed by atoms with Crippen LogP contribution < -0.4 is 0 Å².